The van der Waals surface area contributed by atoms with E-state index in [1.54, 1.807) is 16.6 Å². The van der Waals surface area contributed by atoms with E-state index in [4.69, 9.17) is 5.10 Å². The lowest BCUT2D eigenvalue weighted by atomic mass is 10.0. The summed E-state index contributed by atoms with van der Waals surface area (Å²) >= 11 is 0. The first-order valence-corrected chi connectivity index (χ1v) is 10.5. The maximum absolute atomic E-state index is 13.7. The van der Waals surface area contributed by atoms with Crippen molar-refractivity contribution >= 4 is 17.4 Å². The Labute approximate surface area is 173 Å². The molecule has 0 spiro atoms. The summed E-state index contributed by atoms with van der Waals surface area (Å²) in [4.78, 5) is 19.2. The number of benzene rings is 1. The Morgan fingerprint density at radius 2 is 2.07 bits per heavy atom. The number of carbonyl (C=O) groups excluding carboxylic acids is 1. The molecule has 3 unspecified atom stereocenters. The molecule has 0 radical (unpaired) electrons. The molecule has 2 aromatic heterocycles. The van der Waals surface area contributed by atoms with E-state index in [2.05, 4.69) is 15.2 Å². The van der Waals surface area contributed by atoms with Crippen LogP contribution in [0.1, 0.15) is 54.2 Å². The van der Waals surface area contributed by atoms with Gasteiger partial charge in [-0.2, -0.15) is 0 Å². The minimum absolute atomic E-state index is 0.0417. The number of carbonyl (C=O) groups is 1. The van der Waals surface area contributed by atoms with Crippen molar-refractivity contribution in [3.8, 4) is 0 Å². The van der Waals surface area contributed by atoms with Crippen molar-refractivity contribution in [1.82, 2.24) is 19.9 Å². The van der Waals surface area contributed by atoms with Gasteiger partial charge in [-0.15, -0.1) is 5.10 Å². The summed E-state index contributed by atoms with van der Waals surface area (Å²) in [7, 11) is 0. The largest absolute Gasteiger partial charge is 0.391 e. The summed E-state index contributed by atoms with van der Waals surface area (Å²) in [5.74, 6) is 0.189. The Kier molecular flexibility index (Phi) is 4.86. The summed E-state index contributed by atoms with van der Waals surface area (Å²) in [6, 6.07) is 10.2. The van der Waals surface area contributed by atoms with Gasteiger partial charge in [0.05, 0.1) is 24.4 Å². The van der Waals surface area contributed by atoms with Crippen LogP contribution in [0.4, 0.5) is 10.2 Å². The zero-order valence-electron chi connectivity index (χ0n) is 16.5. The highest BCUT2D eigenvalue weighted by Crippen LogP contribution is 2.35. The Hall–Kier alpha value is -3.00. The second-order valence-electron chi connectivity index (χ2n) is 8.09. The minimum Gasteiger partial charge on any atom is -0.391 e. The molecule has 2 N–H and O–H groups in total. The van der Waals surface area contributed by atoms with Gasteiger partial charge < -0.3 is 15.3 Å². The molecule has 3 heterocycles. The zero-order valence-corrected chi connectivity index (χ0v) is 16.5. The fraction of sp³-hybridized carbons (Fsp3) is 0.409. The van der Waals surface area contributed by atoms with Gasteiger partial charge in [-0.25, -0.2) is 13.9 Å². The van der Waals surface area contributed by atoms with E-state index in [-0.39, 0.29) is 23.8 Å². The summed E-state index contributed by atoms with van der Waals surface area (Å²) in [6.45, 7) is 0.810. The smallest absolute Gasteiger partial charge is 0.271 e. The van der Waals surface area contributed by atoms with Crippen molar-refractivity contribution in [1.29, 1.82) is 0 Å². The van der Waals surface area contributed by atoms with Gasteiger partial charge >= 0.3 is 0 Å². The molecular formula is C22H24FN5O2. The molecule has 3 aromatic rings. The molecule has 1 aliphatic carbocycles. The first-order chi connectivity index (χ1) is 14.6. The Bertz CT molecular complexity index is 1080. The number of aliphatic hydroxyl groups excluding tert-OH is 1. The molecule has 1 amide bonds. The van der Waals surface area contributed by atoms with Crippen molar-refractivity contribution < 1.29 is 14.3 Å². The Morgan fingerprint density at radius 1 is 1.17 bits per heavy atom. The lowest BCUT2D eigenvalue weighted by molar-refractivity contribution is 0.0866. The number of nitrogens with one attached hydrogen (secondary N) is 1. The molecule has 156 valence electrons. The van der Waals surface area contributed by atoms with E-state index in [0.29, 0.717) is 17.8 Å². The van der Waals surface area contributed by atoms with Crippen molar-refractivity contribution in [2.24, 2.45) is 0 Å². The second-order valence-corrected chi connectivity index (χ2v) is 8.09. The van der Waals surface area contributed by atoms with Gasteiger partial charge in [0.25, 0.3) is 5.91 Å². The Morgan fingerprint density at radius 3 is 2.87 bits per heavy atom. The van der Waals surface area contributed by atoms with Crippen LogP contribution in [0.15, 0.2) is 42.6 Å². The van der Waals surface area contributed by atoms with Crippen LogP contribution in [0.3, 0.4) is 0 Å². The third-order valence-electron chi connectivity index (χ3n) is 6.16. The summed E-state index contributed by atoms with van der Waals surface area (Å²) in [5.41, 5.74) is 1.85. The third kappa shape index (κ3) is 3.41. The van der Waals surface area contributed by atoms with E-state index < -0.39 is 6.10 Å². The van der Waals surface area contributed by atoms with Crippen LogP contribution in [-0.2, 0) is 0 Å². The maximum atomic E-state index is 13.7. The highest BCUT2D eigenvalue weighted by molar-refractivity contribution is 5.93. The average molecular weight is 409 g/mol. The SMILES string of the molecule is O=C(NC1CCCC1O)c1cnc2ccc(N3CCCC3c3cccc(F)c3)nn12. The maximum Gasteiger partial charge on any atom is 0.271 e. The molecule has 5 rings (SSSR count). The molecule has 1 aromatic carbocycles. The first kappa shape index (κ1) is 19.0. The quantitative estimate of drug-likeness (QED) is 0.692. The van der Waals surface area contributed by atoms with E-state index in [9.17, 15) is 14.3 Å². The molecule has 1 saturated carbocycles. The normalized spacial score (nSPS) is 23.9. The second kappa shape index (κ2) is 7.68. The summed E-state index contributed by atoms with van der Waals surface area (Å²) in [5, 5.41) is 17.6. The standard InChI is InChI=1S/C22H24FN5O2/c23-15-5-1-4-14(12-15)17-7-3-11-27(17)21-10-9-20-24-13-18(28(20)26-21)22(30)25-16-6-2-8-19(16)29/h1,4-5,9-10,12-13,16-17,19,29H,2-3,6-8,11H2,(H,25,30). The van der Waals surface area contributed by atoms with Crippen molar-refractivity contribution in [3.05, 3.63) is 59.7 Å². The molecular weight excluding hydrogens is 385 g/mol. The monoisotopic (exact) mass is 409 g/mol. The van der Waals surface area contributed by atoms with Gasteiger partial charge in [0.2, 0.25) is 0 Å². The van der Waals surface area contributed by atoms with Crippen molar-refractivity contribution in [3.63, 3.8) is 0 Å². The molecule has 1 aliphatic heterocycles. The third-order valence-corrected chi connectivity index (χ3v) is 6.16. The minimum atomic E-state index is -0.506. The predicted octanol–water partition coefficient (Wildman–Crippen LogP) is 2.85. The molecule has 0 bridgehead atoms. The topological polar surface area (TPSA) is 82.8 Å². The molecule has 30 heavy (non-hydrogen) atoms. The van der Waals surface area contributed by atoms with E-state index in [1.165, 1.54) is 12.3 Å². The van der Waals surface area contributed by atoms with Gasteiger partial charge in [0.15, 0.2) is 11.3 Å². The first-order valence-electron chi connectivity index (χ1n) is 10.5. The number of fused-ring (bicyclic) bond motifs is 1. The van der Waals surface area contributed by atoms with Crippen LogP contribution in [0.2, 0.25) is 0 Å². The number of anilines is 1. The summed E-state index contributed by atoms with van der Waals surface area (Å²) in [6.07, 6.45) is 5.28. The number of aromatic nitrogens is 3. The van der Waals surface area contributed by atoms with Crippen molar-refractivity contribution in [2.45, 2.75) is 50.3 Å². The number of aliphatic hydroxyl groups is 1. The number of hydrogen-bond acceptors (Lipinski definition) is 5. The van der Waals surface area contributed by atoms with E-state index in [0.717, 1.165) is 43.6 Å². The van der Waals surface area contributed by atoms with Crippen LogP contribution in [-0.4, -0.2) is 44.3 Å². The highest BCUT2D eigenvalue weighted by Gasteiger charge is 2.30. The van der Waals surface area contributed by atoms with E-state index in [1.807, 2.05) is 18.2 Å². The van der Waals surface area contributed by atoms with Gasteiger partial charge in [0.1, 0.15) is 11.6 Å². The Balaban J connectivity index is 1.44. The van der Waals surface area contributed by atoms with Crippen LogP contribution >= 0.6 is 0 Å². The van der Waals surface area contributed by atoms with Gasteiger partial charge in [0, 0.05) is 6.54 Å². The van der Waals surface area contributed by atoms with E-state index >= 15 is 0 Å². The van der Waals surface area contributed by atoms with Gasteiger partial charge in [-0.05, 0) is 61.9 Å². The molecule has 3 atom stereocenters. The lowest BCUT2D eigenvalue weighted by Gasteiger charge is -2.26. The number of nitrogens with zero attached hydrogens (tertiary/aromatic N) is 4. The van der Waals surface area contributed by atoms with Crippen LogP contribution in [0, 0.1) is 5.82 Å². The number of halogens is 1. The lowest BCUT2D eigenvalue weighted by Crippen LogP contribution is -2.40. The van der Waals surface area contributed by atoms with Crippen molar-refractivity contribution in [2.75, 3.05) is 11.4 Å². The number of hydrogen-bond donors (Lipinski definition) is 2. The number of rotatable bonds is 4. The zero-order chi connectivity index (χ0) is 20.7. The fourth-order valence-corrected chi connectivity index (χ4v) is 4.62. The number of imidazole rings is 1. The molecule has 1 saturated heterocycles. The van der Waals surface area contributed by atoms with Gasteiger partial charge in [-0.3, -0.25) is 4.79 Å². The van der Waals surface area contributed by atoms with Gasteiger partial charge in [-0.1, -0.05) is 12.1 Å². The van der Waals surface area contributed by atoms with Crippen LogP contribution in [0.25, 0.3) is 5.65 Å². The average Bonchev–Trinajstić information content (AvgIpc) is 3.47. The summed E-state index contributed by atoms with van der Waals surface area (Å²) < 4.78 is 15.3. The van der Waals surface area contributed by atoms with Crippen LogP contribution < -0.4 is 10.2 Å². The molecule has 2 aliphatic rings. The number of amides is 1. The highest BCUT2D eigenvalue weighted by atomic mass is 19.1. The molecule has 7 nitrogen and oxygen atoms in total. The predicted molar refractivity (Wildman–Crippen MR) is 110 cm³/mol. The molecule has 8 heteroatoms. The fourth-order valence-electron chi connectivity index (χ4n) is 4.62. The van der Waals surface area contributed by atoms with Crippen LogP contribution in [0.5, 0.6) is 0 Å². The molecule has 2 fully saturated rings.